The number of carbonyl (C=O) groups excluding carboxylic acids is 2. The maximum absolute atomic E-state index is 14.3. The smallest absolute Gasteiger partial charge is 0.252 e. The van der Waals surface area contributed by atoms with Crippen molar-refractivity contribution < 1.29 is 9.59 Å². The molecule has 1 N–H and O–H groups in total. The summed E-state index contributed by atoms with van der Waals surface area (Å²) >= 11 is 0. The highest BCUT2D eigenvalue weighted by Crippen LogP contribution is 2.52. The number of carbonyl (C=O) groups is 2. The van der Waals surface area contributed by atoms with Gasteiger partial charge in [-0.15, -0.1) is 0 Å². The number of nitrogens with zero attached hydrogens (tertiary/aromatic N) is 1. The molecule has 1 fully saturated rings. The highest BCUT2D eigenvalue weighted by Gasteiger charge is 2.55. The zero-order chi connectivity index (χ0) is 23.8. The Morgan fingerprint density at radius 1 is 0.943 bits per heavy atom. The number of benzene rings is 2. The summed E-state index contributed by atoms with van der Waals surface area (Å²) in [5.41, 5.74) is 3.32. The highest BCUT2D eigenvalue weighted by atomic mass is 16.2. The van der Waals surface area contributed by atoms with Gasteiger partial charge in [-0.1, -0.05) is 104 Å². The number of nitrogens with one attached hydrogen (secondary N) is 1. The Bertz CT molecular complexity index is 1190. The number of amides is 2. The van der Waals surface area contributed by atoms with Gasteiger partial charge in [0, 0.05) is 18.0 Å². The van der Waals surface area contributed by atoms with Crippen molar-refractivity contribution in [3.05, 3.63) is 107 Å². The van der Waals surface area contributed by atoms with Crippen molar-refractivity contribution in [2.75, 3.05) is 0 Å². The van der Waals surface area contributed by atoms with Gasteiger partial charge in [0.05, 0.1) is 0 Å². The monoisotopic (exact) mass is 464 g/mol. The van der Waals surface area contributed by atoms with E-state index in [-0.39, 0.29) is 17.9 Å². The van der Waals surface area contributed by atoms with E-state index in [9.17, 15) is 9.59 Å². The zero-order valence-corrected chi connectivity index (χ0v) is 20.0. The standard InChI is InChI=1S/C31H32N2O2/c34-29(32-25-14-8-3-9-15-25)28(24-12-6-2-7-13-24)33-30(35)26(20-22-10-4-1-5-11-22)27-21-23-16-18-31(27,33)19-17-23/h1-2,4-7,10-13,16-19,23,25,28H,3,8-9,14-15,20-21H2,(H,32,34). The van der Waals surface area contributed by atoms with Crippen LogP contribution in [0.5, 0.6) is 0 Å². The second kappa shape index (κ2) is 8.99. The molecule has 178 valence electrons. The van der Waals surface area contributed by atoms with Gasteiger partial charge >= 0.3 is 0 Å². The molecule has 5 aliphatic rings. The predicted molar refractivity (Wildman–Crippen MR) is 137 cm³/mol. The quantitative estimate of drug-likeness (QED) is 0.579. The van der Waals surface area contributed by atoms with Crippen molar-refractivity contribution in [2.45, 2.75) is 62.6 Å². The Morgan fingerprint density at radius 2 is 1.60 bits per heavy atom. The minimum Gasteiger partial charge on any atom is -0.351 e. The molecular weight excluding hydrogens is 432 g/mol. The van der Waals surface area contributed by atoms with Crippen LogP contribution in [0.15, 0.2) is 96.1 Å². The summed E-state index contributed by atoms with van der Waals surface area (Å²) in [6.45, 7) is 0. The van der Waals surface area contributed by atoms with Crippen LogP contribution in [0.25, 0.3) is 0 Å². The molecule has 1 heterocycles. The first kappa shape index (κ1) is 22.1. The molecule has 0 radical (unpaired) electrons. The first-order valence-electron chi connectivity index (χ1n) is 13.0. The lowest BCUT2D eigenvalue weighted by Gasteiger charge is -2.46. The molecule has 4 aliphatic carbocycles. The molecule has 4 heteroatoms. The van der Waals surface area contributed by atoms with Crippen molar-refractivity contribution in [1.29, 1.82) is 0 Å². The Hall–Kier alpha value is -3.40. The van der Waals surface area contributed by atoms with Crippen LogP contribution < -0.4 is 5.32 Å². The largest absolute Gasteiger partial charge is 0.351 e. The molecule has 2 amide bonds. The minimum absolute atomic E-state index is 0.0200. The van der Waals surface area contributed by atoms with Crippen LogP contribution in [0.2, 0.25) is 0 Å². The molecule has 7 rings (SSSR count). The van der Waals surface area contributed by atoms with E-state index < -0.39 is 11.6 Å². The van der Waals surface area contributed by atoms with Gasteiger partial charge in [-0.3, -0.25) is 9.59 Å². The third-order valence-electron chi connectivity index (χ3n) is 8.16. The summed E-state index contributed by atoms with van der Waals surface area (Å²) in [7, 11) is 0. The van der Waals surface area contributed by atoms with Crippen molar-refractivity contribution >= 4 is 11.8 Å². The van der Waals surface area contributed by atoms with Gasteiger partial charge < -0.3 is 10.2 Å². The lowest BCUT2D eigenvalue weighted by atomic mass is 9.71. The fraction of sp³-hybridized carbons (Fsp3) is 0.355. The molecule has 2 aromatic rings. The Morgan fingerprint density at radius 3 is 2.29 bits per heavy atom. The molecule has 1 spiro atoms. The Balaban J connectivity index is 1.42. The number of allylic oxidation sites excluding steroid dienone is 2. The molecule has 1 aliphatic heterocycles. The van der Waals surface area contributed by atoms with Gasteiger partial charge in [0.25, 0.3) is 5.91 Å². The van der Waals surface area contributed by atoms with E-state index in [1.165, 1.54) is 6.42 Å². The topological polar surface area (TPSA) is 49.4 Å². The fourth-order valence-electron chi connectivity index (χ4n) is 6.40. The number of hydrogen-bond donors (Lipinski definition) is 1. The maximum atomic E-state index is 14.3. The van der Waals surface area contributed by atoms with E-state index in [1.54, 1.807) is 0 Å². The SMILES string of the molecule is O=C(NC1CCCCC1)C(c1ccccc1)N1C(=O)C(Cc2ccccc2)=C2CC3C=CC21C=C3. The number of rotatable bonds is 6. The summed E-state index contributed by atoms with van der Waals surface area (Å²) in [4.78, 5) is 30.1. The van der Waals surface area contributed by atoms with Gasteiger partial charge in [-0.25, -0.2) is 0 Å². The lowest BCUT2D eigenvalue weighted by Crippen LogP contribution is -2.55. The molecule has 35 heavy (non-hydrogen) atoms. The van der Waals surface area contributed by atoms with Gasteiger partial charge in [0.1, 0.15) is 11.6 Å². The second-order valence-corrected chi connectivity index (χ2v) is 10.4. The average Bonchev–Trinajstić information content (AvgIpc) is 3.14. The summed E-state index contributed by atoms with van der Waals surface area (Å²) in [6, 6.07) is 19.5. The molecule has 1 atom stereocenters. The van der Waals surface area contributed by atoms with Crippen LogP contribution in [0, 0.1) is 5.92 Å². The van der Waals surface area contributed by atoms with E-state index >= 15 is 0 Å². The normalized spacial score (nSPS) is 26.2. The van der Waals surface area contributed by atoms with Crippen LogP contribution in [0.3, 0.4) is 0 Å². The third kappa shape index (κ3) is 3.85. The van der Waals surface area contributed by atoms with Crippen molar-refractivity contribution in [3.63, 3.8) is 0 Å². The van der Waals surface area contributed by atoms with E-state index in [0.29, 0.717) is 12.3 Å². The molecule has 1 unspecified atom stereocenters. The molecule has 4 nitrogen and oxygen atoms in total. The molecule has 2 bridgehead atoms. The molecule has 2 aromatic carbocycles. The van der Waals surface area contributed by atoms with Crippen LogP contribution in [-0.4, -0.2) is 28.3 Å². The van der Waals surface area contributed by atoms with Gasteiger partial charge in [0.15, 0.2) is 0 Å². The molecule has 0 aromatic heterocycles. The first-order valence-corrected chi connectivity index (χ1v) is 13.0. The Labute approximate surface area is 207 Å². The zero-order valence-electron chi connectivity index (χ0n) is 20.0. The van der Waals surface area contributed by atoms with Crippen LogP contribution in [0.1, 0.15) is 55.7 Å². The van der Waals surface area contributed by atoms with Gasteiger partial charge in [-0.05, 0) is 41.9 Å². The molecular formula is C31H32N2O2. The predicted octanol–water partition coefficient (Wildman–Crippen LogP) is 5.44. The van der Waals surface area contributed by atoms with Crippen molar-refractivity contribution in [1.82, 2.24) is 10.2 Å². The third-order valence-corrected chi connectivity index (χ3v) is 8.16. The van der Waals surface area contributed by atoms with Gasteiger partial charge in [-0.2, -0.15) is 0 Å². The first-order chi connectivity index (χ1) is 17.2. The summed E-state index contributed by atoms with van der Waals surface area (Å²) in [5.74, 6) is 0.227. The van der Waals surface area contributed by atoms with Crippen LogP contribution >= 0.6 is 0 Å². The fourth-order valence-corrected chi connectivity index (χ4v) is 6.40. The maximum Gasteiger partial charge on any atom is 0.252 e. The lowest BCUT2D eigenvalue weighted by molar-refractivity contribution is -0.140. The van der Waals surface area contributed by atoms with Crippen LogP contribution in [0.4, 0.5) is 0 Å². The van der Waals surface area contributed by atoms with E-state index in [0.717, 1.165) is 54.4 Å². The summed E-state index contributed by atoms with van der Waals surface area (Å²) in [5, 5.41) is 3.33. The average molecular weight is 465 g/mol. The van der Waals surface area contributed by atoms with Crippen LogP contribution in [-0.2, 0) is 16.0 Å². The minimum atomic E-state index is -0.683. The summed E-state index contributed by atoms with van der Waals surface area (Å²) < 4.78 is 0. The van der Waals surface area contributed by atoms with E-state index in [2.05, 4.69) is 41.8 Å². The van der Waals surface area contributed by atoms with E-state index in [4.69, 9.17) is 0 Å². The second-order valence-electron chi connectivity index (χ2n) is 10.4. The van der Waals surface area contributed by atoms with E-state index in [1.807, 2.05) is 53.4 Å². The highest BCUT2D eigenvalue weighted by molar-refractivity contribution is 6.03. The molecule has 1 saturated carbocycles. The van der Waals surface area contributed by atoms with Crippen molar-refractivity contribution in [2.24, 2.45) is 5.92 Å². The molecule has 0 saturated heterocycles. The summed E-state index contributed by atoms with van der Waals surface area (Å²) in [6.07, 6.45) is 15.7. The number of hydrogen-bond acceptors (Lipinski definition) is 2. The van der Waals surface area contributed by atoms with Gasteiger partial charge in [0.2, 0.25) is 5.91 Å². The van der Waals surface area contributed by atoms with Crippen molar-refractivity contribution in [3.8, 4) is 0 Å². The Kier molecular flexibility index (Phi) is 5.68.